The number of nitrogens with one attached hydrogen (secondary N) is 2. The van der Waals surface area contributed by atoms with E-state index in [1.165, 1.54) is 36.1 Å². The molecule has 2 aromatic rings. The Morgan fingerprint density at radius 2 is 1.63 bits per heavy atom. The SMILES string of the molecule is CC(Cc1ccc(-n2ccc(NC(=O)N3CCN(C(=O)C(C)(C)N)CC3)nc2=O)cc1)N1CCC2(CC1)CNC2.Cl. The Labute approximate surface area is 247 Å². The highest BCUT2D eigenvalue weighted by Gasteiger charge is 2.40. The molecule has 1 aromatic heterocycles. The van der Waals surface area contributed by atoms with E-state index in [0.29, 0.717) is 37.6 Å². The summed E-state index contributed by atoms with van der Waals surface area (Å²) in [4.78, 5) is 47.8. The second-order valence-electron chi connectivity index (χ2n) is 12.3. The van der Waals surface area contributed by atoms with Gasteiger partial charge in [0.15, 0.2) is 0 Å². The molecule has 224 valence electrons. The molecule has 3 aliphatic rings. The summed E-state index contributed by atoms with van der Waals surface area (Å²) in [7, 11) is 0. The minimum absolute atomic E-state index is 0. The third-order valence-electron chi connectivity index (χ3n) is 8.67. The van der Waals surface area contributed by atoms with Crippen molar-refractivity contribution in [1.82, 2.24) is 29.6 Å². The summed E-state index contributed by atoms with van der Waals surface area (Å²) in [5, 5.41) is 6.14. The van der Waals surface area contributed by atoms with Crippen molar-refractivity contribution in [3.05, 3.63) is 52.6 Å². The molecule has 0 bridgehead atoms. The first-order chi connectivity index (χ1) is 19.0. The first kappa shape index (κ1) is 31.0. The van der Waals surface area contributed by atoms with Crippen molar-refractivity contribution >= 4 is 30.2 Å². The van der Waals surface area contributed by atoms with Gasteiger partial charge in [0, 0.05) is 51.5 Å². The molecule has 4 heterocycles. The number of halogens is 1. The lowest BCUT2D eigenvalue weighted by Crippen LogP contribution is -2.59. The van der Waals surface area contributed by atoms with Crippen LogP contribution in [0.2, 0.25) is 0 Å². The molecule has 11 nitrogen and oxygen atoms in total. The Balaban J connectivity index is 0.00000387. The van der Waals surface area contributed by atoms with Gasteiger partial charge in [-0.1, -0.05) is 12.1 Å². The normalized spacial score (nSPS) is 19.7. The molecule has 0 aliphatic carbocycles. The number of anilines is 1. The lowest BCUT2D eigenvalue weighted by Gasteiger charge is -2.49. The minimum Gasteiger partial charge on any atom is -0.338 e. The van der Waals surface area contributed by atoms with E-state index >= 15 is 0 Å². The van der Waals surface area contributed by atoms with Gasteiger partial charge in [0.05, 0.1) is 11.2 Å². The number of urea groups is 1. The molecule has 3 aliphatic heterocycles. The van der Waals surface area contributed by atoms with Crippen LogP contribution in [-0.4, -0.2) is 100 Å². The Morgan fingerprint density at radius 1 is 1.02 bits per heavy atom. The Hall–Kier alpha value is -2.99. The number of rotatable bonds is 6. The number of carbonyl (C=O) groups excluding carboxylic acids is 2. The quantitative estimate of drug-likeness (QED) is 0.470. The maximum atomic E-state index is 12.8. The van der Waals surface area contributed by atoms with Crippen LogP contribution in [0.15, 0.2) is 41.3 Å². The average Bonchev–Trinajstić information content (AvgIpc) is 2.92. The van der Waals surface area contributed by atoms with Crippen LogP contribution < -0.4 is 22.1 Å². The number of piperazine rings is 1. The van der Waals surface area contributed by atoms with Gasteiger partial charge in [0.1, 0.15) is 5.82 Å². The summed E-state index contributed by atoms with van der Waals surface area (Å²) in [6.45, 7) is 11.9. The average molecular weight is 587 g/mol. The maximum Gasteiger partial charge on any atom is 0.354 e. The molecule has 1 spiro atoms. The number of aromatic nitrogens is 2. The molecule has 1 unspecified atom stereocenters. The molecule has 1 atom stereocenters. The van der Waals surface area contributed by atoms with Crippen LogP contribution in [0.4, 0.5) is 10.6 Å². The van der Waals surface area contributed by atoms with Gasteiger partial charge in [-0.15, -0.1) is 12.4 Å². The summed E-state index contributed by atoms with van der Waals surface area (Å²) in [6.07, 6.45) is 5.15. The fourth-order valence-corrected chi connectivity index (χ4v) is 5.91. The highest BCUT2D eigenvalue weighted by atomic mass is 35.5. The zero-order valence-electron chi connectivity index (χ0n) is 24.3. The minimum atomic E-state index is -0.943. The van der Waals surface area contributed by atoms with E-state index < -0.39 is 11.2 Å². The van der Waals surface area contributed by atoms with E-state index in [1.807, 2.05) is 12.1 Å². The van der Waals surface area contributed by atoms with Gasteiger partial charge in [-0.3, -0.25) is 14.7 Å². The first-order valence-electron chi connectivity index (χ1n) is 14.3. The predicted octanol–water partition coefficient (Wildman–Crippen LogP) is 1.68. The lowest BCUT2D eigenvalue weighted by molar-refractivity contribution is -0.137. The van der Waals surface area contributed by atoms with E-state index in [2.05, 4.69) is 39.6 Å². The van der Waals surface area contributed by atoms with Crippen LogP contribution in [0, 0.1) is 5.41 Å². The summed E-state index contributed by atoms with van der Waals surface area (Å²) < 4.78 is 1.47. The molecule has 1 aromatic carbocycles. The number of carbonyl (C=O) groups is 2. The smallest absolute Gasteiger partial charge is 0.338 e. The van der Waals surface area contributed by atoms with Crippen molar-refractivity contribution < 1.29 is 9.59 Å². The summed E-state index contributed by atoms with van der Waals surface area (Å²) in [6, 6.07) is 9.77. The maximum absolute atomic E-state index is 12.8. The fourth-order valence-electron chi connectivity index (χ4n) is 5.91. The van der Waals surface area contributed by atoms with Crippen LogP contribution in [0.1, 0.15) is 39.2 Å². The molecule has 0 radical (unpaired) electrons. The number of hydrogen-bond donors (Lipinski definition) is 3. The van der Waals surface area contributed by atoms with Gasteiger partial charge in [-0.2, -0.15) is 4.98 Å². The first-order valence-corrected chi connectivity index (χ1v) is 14.3. The third kappa shape index (κ3) is 7.09. The standard InChI is InChI=1S/C29H42N8O3.ClH/c1-21(34-12-9-29(10-13-34)19-31-20-29)18-22-4-6-23(7-5-22)37-11-8-24(33-27(37)40)32-26(39)36-16-14-35(15-17-36)25(38)28(2,3)30;/h4-8,11,21,31H,9-10,12-20,30H2,1-3H3,(H,32,33,39,40);1H. The highest BCUT2D eigenvalue weighted by Crippen LogP contribution is 2.35. The van der Waals surface area contributed by atoms with Crippen LogP contribution >= 0.6 is 12.4 Å². The van der Waals surface area contributed by atoms with Crippen molar-refractivity contribution in [3.8, 4) is 5.69 Å². The van der Waals surface area contributed by atoms with E-state index in [9.17, 15) is 14.4 Å². The van der Waals surface area contributed by atoms with Crippen molar-refractivity contribution in [2.75, 3.05) is 57.7 Å². The van der Waals surface area contributed by atoms with Crippen molar-refractivity contribution in [3.63, 3.8) is 0 Å². The van der Waals surface area contributed by atoms with Gasteiger partial charge in [0.2, 0.25) is 5.91 Å². The van der Waals surface area contributed by atoms with E-state index in [-0.39, 0.29) is 30.2 Å². The van der Waals surface area contributed by atoms with Gasteiger partial charge in [-0.05, 0) is 82.3 Å². The number of benzene rings is 1. The van der Waals surface area contributed by atoms with Crippen LogP contribution in [-0.2, 0) is 11.2 Å². The number of nitrogens with two attached hydrogens (primary N) is 1. The highest BCUT2D eigenvalue weighted by molar-refractivity contribution is 5.89. The molecule has 3 saturated heterocycles. The molecular formula is C29H43ClN8O3. The van der Waals surface area contributed by atoms with Gasteiger partial charge in [0.25, 0.3) is 0 Å². The Kier molecular flexibility index (Phi) is 9.42. The topological polar surface area (TPSA) is 129 Å². The number of amides is 3. The van der Waals surface area contributed by atoms with Crippen LogP contribution in [0.25, 0.3) is 5.69 Å². The predicted molar refractivity (Wildman–Crippen MR) is 162 cm³/mol. The van der Waals surface area contributed by atoms with Crippen LogP contribution in [0.3, 0.4) is 0 Å². The Morgan fingerprint density at radius 3 is 2.17 bits per heavy atom. The van der Waals surface area contributed by atoms with Crippen molar-refractivity contribution in [2.45, 2.75) is 51.6 Å². The van der Waals surface area contributed by atoms with Gasteiger partial charge >= 0.3 is 11.7 Å². The number of hydrogen-bond acceptors (Lipinski definition) is 7. The summed E-state index contributed by atoms with van der Waals surface area (Å²) in [5.74, 6) is 0.0568. The summed E-state index contributed by atoms with van der Waals surface area (Å²) in [5.41, 5.74) is 7.03. The fraction of sp³-hybridized carbons (Fsp3) is 0.586. The van der Waals surface area contributed by atoms with Crippen molar-refractivity contribution in [1.29, 1.82) is 0 Å². The number of piperidine rings is 1. The van der Waals surface area contributed by atoms with E-state index in [1.54, 1.807) is 35.9 Å². The second kappa shape index (κ2) is 12.5. The molecule has 12 heteroatoms. The zero-order valence-corrected chi connectivity index (χ0v) is 25.1. The van der Waals surface area contributed by atoms with E-state index in [4.69, 9.17) is 5.73 Å². The zero-order chi connectivity index (χ0) is 28.5. The van der Waals surface area contributed by atoms with Crippen molar-refractivity contribution in [2.24, 2.45) is 11.1 Å². The molecule has 0 saturated carbocycles. The molecule has 3 fully saturated rings. The van der Waals surface area contributed by atoms with E-state index in [0.717, 1.165) is 25.2 Å². The lowest BCUT2D eigenvalue weighted by atomic mass is 9.73. The molecule has 4 N–H and O–H groups in total. The van der Waals surface area contributed by atoms with Gasteiger partial charge in [-0.25, -0.2) is 9.59 Å². The molecule has 3 amide bonds. The Bertz CT molecular complexity index is 1270. The second-order valence-corrected chi connectivity index (χ2v) is 12.3. The third-order valence-corrected chi connectivity index (χ3v) is 8.67. The summed E-state index contributed by atoms with van der Waals surface area (Å²) >= 11 is 0. The molecular weight excluding hydrogens is 544 g/mol. The largest absolute Gasteiger partial charge is 0.354 e. The molecule has 41 heavy (non-hydrogen) atoms. The van der Waals surface area contributed by atoms with Crippen LogP contribution in [0.5, 0.6) is 0 Å². The number of likely N-dealkylation sites (tertiary alicyclic amines) is 1. The molecule has 5 rings (SSSR count). The monoisotopic (exact) mass is 586 g/mol. The van der Waals surface area contributed by atoms with Gasteiger partial charge < -0.3 is 25.8 Å². The number of nitrogens with zero attached hydrogens (tertiary/aromatic N) is 5.